The Hall–Kier alpha value is -3.15. The van der Waals surface area contributed by atoms with E-state index >= 15 is 0 Å². The third-order valence-corrected chi connectivity index (χ3v) is 5.26. The number of nitro benzene ring substituents is 2. The highest BCUT2D eigenvalue weighted by atomic mass is 79.9. The first kappa shape index (κ1) is 23.5. The Bertz CT molecular complexity index is 988. The van der Waals surface area contributed by atoms with Gasteiger partial charge in [-0.25, -0.2) is 4.79 Å². The third kappa shape index (κ3) is 6.67. The molecule has 0 amide bonds. The third-order valence-electron chi connectivity index (χ3n) is 4.73. The Labute approximate surface area is 191 Å². The highest BCUT2D eigenvalue weighted by molar-refractivity contribution is 9.10. The van der Waals surface area contributed by atoms with E-state index in [9.17, 15) is 25.0 Å². The van der Waals surface area contributed by atoms with Crippen LogP contribution in [0.1, 0.15) is 15.9 Å². The predicted molar refractivity (Wildman–Crippen MR) is 119 cm³/mol. The molecular formula is C21H20BrN3O7. The van der Waals surface area contributed by atoms with Crippen molar-refractivity contribution in [1.82, 2.24) is 4.90 Å². The summed E-state index contributed by atoms with van der Waals surface area (Å²) in [6.07, 6.45) is 2.85. The molecule has 1 saturated heterocycles. The number of nitrogens with zero attached hydrogens (tertiary/aromatic N) is 3. The van der Waals surface area contributed by atoms with E-state index < -0.39 is 33.3 Å². The second-order valence-electron chi connectivity index (χ2n) is 7.02. The molecule has 0 N–H and O–H groups in total. The van der Waals surface area contributed by atoms with Gasteiger partial charge in [-0.1, -0.05) is 34.1 Å². The second kappa shape index (κ2) is 10.9. The number of benzene rings is 2. The number of rotatable bonds is 8. The van der Waals surface area contributed by atoms with Crippen LogP contribution < -0.4 is 0 Å². The van der Waals surface area contributed by atoms with Gasteiger partial charge in [-0.3, -0.25) is 25.1 Å². The number of esters is 1. The molecule has 0 radical (unpaired) electrons. The van der Waals surface area contributed by atoms with Crippen LogP contribution in [0.25, 0.3) is 6.08 Å². The number of carbonyl (C=O) groups is 1. The van der Waals surface area contributed by atoms with Gasteiger partial charge in [0.1, 0.15) is 6.10 Å². The maximum Gasteiger partial charge on any atom is 0.339 e. The number of carbonyl (C=O) groups excluding carboxylic acids is 1. The average molecular weight is 506 g/mol. The van der Waals surface area contributed by atoms with Crippen molar-refractivity contribution in [2.24, 2.45) is 0 Å². The summed E-state index contributed by atoms with van der Waals surface area (Å²) in [4.78, 5) is 35.5. The Morgan fingerprint density at radius 1 is 1.09 bits per heavy atom. The molecule has 10 nitrogen and oxygen atoms in total. The summed E-state index contributed by atoms with van der Waals surface area (Å²) < 4.78 is 11.9. The number of morpholine rings is 1. The highest BCUT2D eigenvalue weighted by Crippen LogP contribution is 2.24. The average Bonchev–Trinajstić information content (AvgIpc) is 2.78. The number of ether oxygens (including phenoxy) is 2. The minimum Gasteiger partial charge on any atom is -0.453 e. The number of hydrogen-bond donors (Lipinski definition) is 0. The van der Waals surface area contributed by atoms with Gasteiger partial charge in [0.25, 0.3) is 11.4 Å². The van der Waals surface area contributed by atoms with Gasteiger partial charge in [-0.05, 0) is 23.8 Å². The molecule has 168 valence electrons. The smallest absolute Gasteiger partial charge is 0.339 e. The molecule has 1 unspecified atom stereocenters. The van der Waals surface area contributed by atoms with Crippen molar-refractivity contribution in [3.63, 3.8) is 0 Å². The van der Waals surface area contributed by atoms with Crippen LogP contribution in [0.2, 0.25) is 0 Å². The molecule has 2 aromatic carbocycles. The summed E-state index contributed by atoms with van der Waals surface area (Å²) in [6.45, 7) is 2.85. The molecule has 1 aliphatic rings. The van der Waals surface area contributed by atoms with Crippen molar-refractivity contribution in [3.05, 3.63) is 84.4 Å². The summed E-state index contributed by atoms with van der Waals surface area (Å²) in [5, 5.41) is 22.2. The summed E-state index contributed by atoms with van der Waals surface area (Å²) in [5.41, 5.74) is -0.472. The van der Waals surface area contributed by atoms with Gasteiger partial charge in [0.15, 0.2) is 0 Å². The van der Waals surface area contributed by atoms with Crippen molar-refractivity contribution >= 4 is 39.4 Å². The number of nitro groups is 2. The van der Waals surface area contributed by atoms with E-state index in [-0.39, 0.29) is 5.56 Å². The van der Waals surface area contributed by atoms with Crippen LogP contribution in [0.4, 0.5) is 11.4 Å². The van der Waals surface area contributed by atoms with E-state index in [0.29, 0.717) is 32.8 Å². The summed E-state index contributed by atoms with van der Waals surface area (Å²) in [7, 11) is 0. The monoisotopic (exact) mass is 505 g/mol. The van der Waals surface area contributed by atoms with E-state index in [1.165, 1.54) is 0 Å². The first-order chi connectivity index (χ1) is 15.3. The van der Waals surface area contributed by atoms with Crippen molar-refractivity contribution in [2.75, 3.05) is 32.8 Å². The lowest BCUT2D eigenvalue weighted by Gasteiger charge is -2.29. The standard InChI is InChI=1S/C21H20BrN3O7/c22-17-4-1-15(2-5-17)3-6-20(14-23-7-9-31-10-8-23)32-21(26)16-11-18(24(27)28)13-19(12-16)25(29)30/h1-6,11-13,20H,7-10,14H2/b6-3+. The predicted octanol–water partition coefficient (Wildman–Crippen LogP) is 3.84. The largest absolute Gasteiger partial charge is 0.453 e. The van der Waals surface area contributed by atoms with Crippen molar-refractivity contribution in [3.8, 4) is 0 Å². The Kier molecular flexibility index (Phi) is 8.03. The van der Waals surface area contributed by atoms with Crippen LogP contribution in [0.15, 0.2) is 53.0 Å². The van der Waals surface area contributed by atoms with Gasteiger partial charge in [0, 0.05) is 36.2 Å². The second-order valence-corrected chi connectivity index (χ2v) is 7.94. The number of non-ortho nitro benzene ring substituents is 2. The molecule has 2 aromatic rings. The fraction of sp³-hybridized carbons (Fsp3) is 0.286. The lowest BCUT2D eigenvalue weighted by atomic mass is 10.1. The SMILES string of the molecule is O=C(OC(/C=C/c1ccc(Br)cc1)CN1CCOCC1)c1cc([N+](=O)[O-])cc([N+](=O)[O-])c1. The van der Waals surface area contributed by atoms with Crippen molar-refractivity contribution < 1.29 is 24.1 Å². The highest BCUT2D eigenvalue weighted by Gasteiger charge is 2.24. The zero-order chi connectivity index (χ0) is 23.1. The van der Waals surface area contributed by atoms with E-state index in [0.717, 1.165) is 28.2 Å². The Balaban J connectivity index is 1.82. The fourth-order valence-electron chi connectivity index (χ4n) is 3.10. The molecule has 1 atom stereocenters. The first-order valence-electron chi connectivity index (χ1n) is 9.70. The molecule has 3 rings (SSSR count). The number of halogens is 1. The molecule has 0 aromatic heterocycles. The zero-order valence-corrected chi connectivity index (χ0v) is 18.5. The van der Waals surface area contributed by atoms with Crippen LogP contribution in [-0.4, -0.2) is 59.7 Å². The number of hydrogen-bond acceptors (Lipinski definition) is 8. The van der Waals surface area contributed by atoms with Crippen LogP contribution in [0, 0.1) is 20.2 Å². The molecule has 32 heavy (non-hydrogen) atoms. The lowest BCUT2D eigenvalue weighted by Crippen LogP contribution is -2.41. The van der Waals surface area contributed by atoms with E-state index in [1.807, 2.05) is 24.3 Å². The zero-order valence-electron chi connectivity index (χ0n) is 16.9. The van der Waals surface area contributed by atoms with Crippen molar-refractivity contribution in [1.29, 1.82) is 0 Å². The van der Waals surface area contributed by atoms with Gasteiger partial charge in [0.2, 0.25) is 0 Å². The Morgan fingerprint density at radius 3 is 2.25 bits per heavy atom. The molecule has 1 fully saturated rings. The summed E-state index contributed by atoms with van der Waals surface area (Å²) in [6, 6.07) is 10.3. The molecule has 0 bridgehead atoms. The topological polar surface area (TPSA) is 125 Å². The summed E-state index contributed by atoms with van der Waals surface area (Å²) in [5.74, 6) is -0.879. The van der Waals surface area contributed by atoms with E-state index in [4.69, 9.17) is 9.47 Å². The van der Waals surface area contributed by atoms with Crippen LogP contribution in [0.3, 0.4) is 0 Å². The van der Waals surface area contributed by atoms with E-state index in [1.54, 1.807) is 12.2 Å². The van der Waals surface area contributed by atoms with Gasteiger partial charge in [0.05, 0.1) is 34.7 Å². The maximum atomic E-state index is 12.8. The normalized spacial score (nSPS) is 15.4. The molecule has 1 heterocycles. The van der Waals surface area contributed by atoms with Gasteiger partial charge in [-0.2, -0.15) is 0 Å². The maximum absolute atomic E-state index is 12.8. The Morgan fingerprint density at radius 2 is 1.69 bits per heavy atom. The van der Waals surface area contributed by atoms with E-state index in [2.05, 4.69) is 20.8 Å². The molecule has 0 aliphatic carbocycles. The van der Waals surface area contributed by atoms with Gasteiger partial charge in [-0.15, -0.1) is 0 Å². The van der Waals surface area contributed by atoms with Crippen molar-refractivity contribution in [2.45, 2.75) is 6.10 Å². The van der Waals surface area contributed by atoms with Gasteiger partial charge >= 0.3 is 5.97 Å². The molecule has 0 saturated carbocycles. The molecule has 1 aliphatic heterocycles. The lowest BCUT2D eigenvalue weighted by molar-refractivity contribution is -0.394. The minimum atomic E-state index is -0.879. The fourth-order valence-corrected chi connectivity index (χ4v) is 3.36. The van der Waals surface area contributed by atoms with Crippen LogP contribution in [-0.2, 0) is 9.47 Å². The minimum absolute atomic E-state index is 0.255. The van der Waals surface area contributed by atoms with Crippen LogP contribution in [0.5, 0.6) is 0 Å². The first-order valence-corrected chi connectivity index (χ1v) is 10.5. The summed E-state index contributed by atoms with van der Waals surface area (Å²) >= 11 is 3.37. The molecular weight excluding hydrogens is 486 g/mol. The molecule has 0 spiro atoms. The molecule has 11 heteroatoms. The van der Waals surface area contributed by atoms with Gasteiger partial charge < -0.3 is 9.47 Å². The quantitative estimate of drug-likeness (QED) is 0.301. The van der Waals surface area contributed by atoms with Crippen LogP contribution >= 0.6 is 15.9 Å².